The number of hydrogen-bond acceptors (Lipinski definition) is 5. The maximum atomic E-state index is 12.3. The highest BCUT2D eigenvalue weighted by Crippen LogP contribution is 2.18. The van der Waals surface area contributed by atoms with E-state index >= 15 is 0 Å². The summed E-state index contributed by atoms with van der Waals surface area (Å²) in [5, 5.41) is 11.6. The van der Waals surface area contributed by atoms with Gasteiger partial charge in [0.15, 0.2) is 0 Å². The van der Waals surface area contributed by atoms with Crippen LogP contribution in [-0.4, -0.2) is 25.7 Å². The second kappa shape index (κ2) is 5.83. The van der Waals surface area contributed by atoms with E-state index in [1.165, 1.54) is 11.3 Å². The fourth-order valence-electron chi connectivity index (χ4n) is 1.76. The van der Waals surface area contributed by atoms with E-state index in [1.807, 2.05) is 17.5 Å². The van der Waals surface area contributed by atoms with Crippen LogP contribution in [-0.2, 0) is 23.1 Å². The Morgan fingerprint density at radius 1 is 1.42 bits per heavy atom. The number of H-pyrrole nitrogens is 1. The minimum absolute atomic E-state index is 0.235. The number of rotatable bonds is 6. The first-order valence-electron chi connectivity index (χ1n) is 5.75. The fraction of sp³-hybridized carbons (Fsp3) is 0.364. The molecule has 3 N–H and O–H groups in total. The molecule has 2 rings (SSSR count). The Labute approximate surface area is 116 Å². The number of thiophene rings is 1. The number of nitrogens with one attached hydrogen (secondary N) is 3. The summed E-state index contributed by atoms with van der Waals surface area (Å²) in [5.74, 6) is 0. The highest BCUT2D eigenvalue weighted by atomic mass is 32.2. The summed E-state index contributed by atoms with van der Waals surface area (Å²) in [6.45, 7) is 2.40. The molecule has 0 spiro atoms. The van der Waals surface area contributed by atoms with Gasteiger partial charge in [0.2, 0.25) is 10.0 Å². The van der Waals surface area contributed by atoms with Crippen molar-refractivity contribution in [1.29, 1.82) is 0 Å². The molecule has 0 unspecified atom stereocenters. The lowest BCUT2D eigenvalue weighted by Crippen LogP contribution is -2.25. The standard InChI is InChI=1S/C11H16N4O2S2/c1-8-11(10(7-12-2)15-14-8)19(16,17)13-6-9-4-3-5-18-9/h3-5,12-13H,6-7H2,1-2H3,(H,14,15). The van der Waals surface area contributed by atoms with Gasteiger partial charge in [-0.05, 0) is 25.4 Å². The SMILES string of the molecule is CNCc1n[nH]c(C)c1S(=O)(=O)NCc1cccs1. The van der Waals surface area contributed by atoms with Crippen molar-refractivity contribution in [3.8, 4) is 0 Å². The van der Waals surface area contributed by atoms with Gasteiger partial charge in [-0.3, -0.25) is 5.10 Å². The highest BCUT2D eigenvalue weighted by molar-refractivity contribution is 7.89. The molecule has 0 aliphatic rings. The van der Waals surface area contributed by atoms with Crippen LogP contribution < -0.4 is 10.0 Å². The summed E-state index contributed by atoms with van der Waals surface area (Å²) in [7, 11) is -1.80. The Balaban J connectivity index is 2.21. The van der Waals surface area contributed by atoms with E-state index in [0.29, 0.717) is 24.5 Å². The van der Waals surface area contributed by atoms with Gasteiger partial charge in [-0.25, -0.2) is 13.1 Å². The Morgan fingerprint density at radius 3 is 2.84 bits per heavy atom. The van der Waals surface area contributed by atoms with Gasteiger partial charge < -0.3 is 5.32 Å². The first-order chi connectivity index (χ1) is 9.04. The minimum atomic E-state index is -3.55. The third kappa shape index (κ3) is 3.21. The predicted molar refractivity (Wildman–Crippen MR) is 74.4 cm³/mol. The number of hydrogen-bond donors (Lipinski definition) is 3. The molecule has 6 nitrogen and oxygen atoms in total. The average molecular weight is 300 g/mol. The maximum Gasteiger partial charge on any atom is 0.244 e. The predicted octanol–water partition coefficient (Wildman–Crippen LogP) is 0.978. The third-order valence-electron chi connectivity index (χ3n) is 2.59. The number of sulfonamides is 1. The molecule has 2 heterocycles. The van der Waals surface area contributed by atoms with Crippen LogP contribution in [0.3, 0.4) is 0 Å². The normalized spacial score (nSPS) is 11.9. The molecule has 0 bridgehead atoms. The number of aromatic amines is 1. The Morgan fingerprint density at radius 2 is 2.21 bits per heavy atom. The first-order valence-corrected chi connectivity index (χ1v) is 8.11. The maximum absolute atomic E-state index is 12.3. The van der Waals surface area contributed by atoms with Crippen LogP contribution in [0.2, 0.25) is 0 Å². The van der Waals surface area contributed by atoms with Gasteiger partial charge in [-0.15, -0.1) is 11.3 Å². The van der Waals surface area contributed by atoms with E-state index in [9.17, 15) is 8.42 Å². The Hall–Kier alpha value is -1.22. The van der Waals surface area contributed by atoms with Gasteiger partial charge in [0, 0.05) is 18.0 Å². The molecular weight excluding hydrogens is 284 g/mol. The second-order valence-corrected chi connectivity index (χ2v) is 6.79. The van der Waals surface area contributed by atoms with Gasteiger partial charge in [0.25, 0.3) is 0 Å². The Kier molecular flexibility index (Phi) is 4.35. The average Bonchev–Trinajstić information content (AvgIpc) is 2.97. The first kappa shape index (κ1) is 14.2. The fourth-order valence-corrected chi connectivity index (χ4v) is 3.87. The molecule has 8 heteroatoms. The van der Waals surface area contributed by atoms with Gasteiger partial charge in [0.05, 0.1) is 11.4 Å². The summed E-state index contributed by atoms with van der Waals surface area (Å²) < 4.78 is 27.2. The zero-order valence-electron chi connectivity index (χ0n) is 10.7. The Bertz CT molecular complexity index is 632. The molecule has 0 saturated carbocycles. The van der Waals surface area contributed by atoms with Gasteiger partial charge in [0.1, 0.15) is 4.90 Å². The van der Waals surface area contributed by atoms with E-state index in [1.54, 1.807) is 14.0 Å². The molecule has 0 atom stereocenters. The van der Waals surface area contributed by atoms with E-state index in [2.05, 4.69) is 20.2 Å². The van der Waals surface area contributed by atoms with Crippen LogP contribution in [0.4, 0.5) is 0 Å². The van der Waals surface area contributed by atoms with Crippen molar-refractivity contribution in [3.05, 3.63) is 33.8 Å². The van der Waals surface area contributed by atoms with Crippen molar-refractivity contribution in [2.75, 3.05) is 7.05 Å². The molecule has 0 amide bonds. The van der Waals surface area contributed by atoms with E-state index in [4.69, 9.17) is 0 Å². The largest absolute Gasteiger partial charge is 0.314 e. The number of aromatic nitrogens is 2. The topological polar surface area (TPSA) is 86.9 Å². The molecule has 0 aliphatic carbocycles. The van der Waals surface area contributed by atoms with Crippen molar-refractivity contribution in [1.82, 2.24) is 20.2 Å². The van der Waals surface area contributed by atoms with Crippen LogP contribution in [0.5, 0.6) is 0 Å². The molecule has 19 heavy (non-hydrogen) atoms. The van der Waals surface area contributed by atoms with Crippen molar-refractivity contribution in [2.45, 2.75) is 24.9 Å². The quantitative estimate of drug-likeness (QED) is 0.742. The minimum Gasteiger partial charge on any atom is -0.314 e. The molecular formula is C11H16N4O2S2. The van der Waals surface area contributed by atoms with E-state index < -0.39 is 10.0 Å². The number of aryl methyl sites for hydroxylation is 1. The summed E-state index contributed by atoms with van der Waals surface area (Å²) in [6.07, 6.45) is 0. The van der Waals surface area contributed by atoms with Crippen molar-refractivity contribution < 1.29 is 8.42 Å². The summed E-state index contributed by atoms with van der Waals surface area (Å²) in [6, 6.07) is 3.79. The molecule has 0 fully saturated rings. The molecule has 0 radical (unpaired) electrons. The smallest absolute Gasteiger partial charge is 0.244 e. The summed E-state index contributed by atoms with van der Waals surface area (Å²) >= 11 is 1.52. The third-order valence-corrected chi connectivity index (χ3v) is 5.07. The highest BCUT2D eigenvalue weighted by Gasteiger charge is 2.23. The summed E-state index contributed by atoms with van der Waals surface area (Å²) in [4.78, 5) is 1.21. The monoisotopic (exact) mass is 300 g/mol. The van der Waals surface area contributed by atoms with Gasteiger partial charge >= 0.3 is 0 Å². The van der Waals surface area contributed by atoms with Crippen LogP contribution in [0.1, 0.15) is 16.3 Å². The molecule has 0 aromatic carbocycles. The zero-order chi connectivity index (χ0) is 13.9. The number of nitrogens with zero attached hydrogens (tertiary/aromatic N) is 1. The van der Waals surface area contributed by atoms with Gasteiger partial charge in [-0.2, -0.15) is 5.10 Å². The van der Waals surface area contributed by atoms with Crippen LogP contribution >= 0.6 is 11.3 Å². The van der Waals surface area contributed by atoms with Crippen LogP contribution in [0.25, 0.3) is 0 Å². The lowest BCUT2D eigenvalue weighted by atomic mass is 10.4. The molecule has 104 valence electrons. The summed E-state index contributed by atoms with van der Waals surface area (Å²) in [5.41, 5.74) is 1.04. The van der Waals surface area contributed by atoms with E-state index in [0.717, 1.165) is 4.88 Å². The van der Waals surface area contributed by atoms with Gasteiger partial charge in [-0.1, -0.05) is 6.07 Å². The molecule has 0 saturated heterocycles. The van der Waals surface area contributed by atoms with Crippen LogP contribution in [0, 0.1) is 6.92 Å². The van der Waals surface area contributed by atoms with E-state index in [-0.39, 0.29) is 4.90 Å². The van der Waals surface area contributed by atoms with Crippen molar-refractivity contribution in [2.24, 2.45) is 0 Å². The molecule has 2 aromatic rings. The lowest BCUT2D eigenvalue weighted by molar-refractivity contribution is 0.579. The molecule has 2 aromatic heterocycles. The van der Waals surface area contributed by atoms with Crippen LogP contribution in [0.15, 0.2) is 22.4 Å². The molecule has 0 aliphatic heterocycles. The van der Waals surface area contributed by atoms with Crippen molar-refractivity contribution >= 4 is 21.4 Å². The lowest BCUT2D eigenvalue weighted by Gasteiger charge is -2.07. The second-order valence-electron chi connectivity index (χ2n) is 4.06. The van der Waals surface area contributed by atoms with Crippen molar-refractivity contribution in [3.63, 3.8) is 0 Å². The zero-order valence-corrected chi connectivity index (χ0v) is 12.4.